The number of aliphatic hydroxyl groups is 1. The summed E-state index contributed by atoms with van der Waals surface area (Å²) >= 11 is 0. The molecular weight excluding hydrogens is 256 g/mol. The first-order chi connectivity index (χ1) is 10.3. The molecule has 3 aromatic carbocycles. The molecule has 1 aliphatic carbocycles. The van der Waals surface area contributed by atoms with Gasteiger partial charge in [0, 0.05) is 0 Å². The van der Waals surface area contributed by atoms with Crippen LogP contribution in [0.4, 0.5) is 0 Å². The highest BCUT2D eigenvalue weighted by Gasteiger charge is 2.30. The zero-order chi connectivity index (χ0) is 14.2. The summed E-state index contributed by atoms with van der Waals surface area (Å²) in [5, 5.41) is 13.2. The fourth-order valence-electron chi connectivity index (χ4n) is 3.59. The van der Waals surface area contributed by atoms with Crippen LogP contribution in [0.2, 0.25) is 0 Å². The van der Waals surface area contributed by atoms with Crippen molar-refractivity contribution in [2.45, 2.75) is 18.9 Å². The first-order valence-electron chi connectivity index (χ1n) is 7.55. The van der Waals surface area contributed by atoms with Crippen LogP contribution in [0, 0.1) is 5.92 Å². The summed E-state index contributed by atoms with van der Waals surface area (Å²) < 4.78 is 0. The number of hydrogen-bond donors (Lipinski definition) is 1. The minimum absolute atomic E-state index is 0.285. The third-order valence-electron chi connectivity index (χ3n) is 4.66. The van der Waals surface area contributed by atoms with E-state index in [0.717, 1.165) is 18.4 Å². The van der Waals surface area contributed by atoms with E-state index in [-0.39, 0.29) is 12.0 Å². The van der Waals surface area contributed by atoms with Crippen LogP contribution >= 0.6 is 0 Å². The highest BCUT2D eigenvalue weighted by Crippen LogP contribution is 2.38. The van der Waals surface area contributed by atoms with Gasteiger partial charge in [-0.3, -0.25) is 0 Å². The topological polar surface area (TPSA) is 20.2 Å². The zero-order valence-corrected chi connectivity index (χ0v) is 11.9. The Bertz CT molecular complexity index is 785. The molecule has 104 valence electrons. The molecular formula is C20H18O. The molecule has 0 fully saturated rings. The van der Waals surface area contributed by atoms with Crippen molar-refractivity contribution in [1.29, 1.82) is 0 Å². The van der Waals surface area contributed by atoms with Gasteiger partial charge < -0.3 is 5.11 Å². The number of rotatable bonds is 2. The van der Waals surface area contributed by atoms with Crippen LogP contribution in [0.1, 0.15) is 22.8 Å². The summed E-state index contributed by atoms with van der Waals surface area (Å²) in [5.74, 6) is 0.285. The van der Waals surface area contributed by atoms with E-state index in [1.54, 1.807) is 0 Å². The summed E-state index contributed by atoms with van der Waals surface area (Å²) in [4.78, 5) is 0. The highest BCUT2D eigenvalue weighted by atomic mass is 16.3. The zero-order valence-electron chi connectivity index (χ0n) is 11.9. The molecule has 1 aliphatic rings. The lowest BCUT2D eigenvalue weighted by Crippen LogP contribution is -2.10. The maximum Gasteiger partial charge on any atom is 0.0827 e. The quantitative estimate of drug-likeness (QED) is 0.739. The Hall–Kier alpha value is -2.12. The fraction of sp³-hybridized carbons (Fsp3) is 0.200. The maximum atomic E-state index is 10.6. The number of hydrogen-bond acceptors (Lipinski definition) is 1. The molecule has 2 unspecified atom stereocenters. The van der Waals surface area contributed by atoms with E-state index in [4.69, 9.17) is 0 Å². The number of fused-ring (bicyclic) bond motifs is 2. The lowest BCUT2D eigenvalue weighted by molar-refractivity contribution is 0.123. The number of benzene rings is 3. The number of aliphatic hydroxyl groups excluding tert-OH is 1. The molecule has 0 saturated heterocycles. The van der Waals surface area contributed by atoms with Gasteiger partial charge in [-0.1, -0.05) is 66.7 Å². The molecule has 0 spiro atoms. The highest BCUT2D eigenvalue weighted by molar-refractivity contribution is 5.85. The van der Waals surface area contributed by atoms with Crippen molar-refractivity contribution in [2.75, 3.05) is 0 Å². The minimum Gasteiger partial charge on any atom is -0.388 e. The van der Waals surface area contributed by atoms with Crippen molar-refractivity contribution in [3.8, 4) is 0 Å². The molecule has 0 radical (unpaired) electrons. The van der Waals surface area contributed by atoms with E-state index < -0.39 is 0 Å². The van der Waals surface area contributed by atoms with E-state index in [1.165, 1.54) is 21.9 Å². The van der Waals surface area contributed by atoms with E-state index in [9.17, 15) is 5.11 Å². The monoisotopic (exact) mass is 274 g/mol. The van der Waals surface area contributed by atoms with Crippen molar-refractivity contribution >= 4 is 10.8 Å². The summed E-state index contributed by atoms with van der Waals surface area (Å²) in [6.45, 7) is 0. The van der Waals surface area contributed by atoms with Crippen molar-refractivity contribution in [3.63, 3.8) is 0 Å². The summed E-state index contributed by atoms with van der Waals surface area (Å²) in [6.07, 6.45) is 1.57. The Balaban J connectivity index is 1.68. The summed E-state index contributed by atoms with van der Waals surface area (Å²) in [5.41, 5.74) is 3.75. The second-order valence-electron chi connectivity index (χ2n) is 5.95. The van der Waals surface area contributed by atoms with Gasteiger partial charge in [0.1, 0.15) is 0 Å². The summed E-state index contributed by atoms with van der Waals surface area (Å²) in [7, 11) is 0. The van der Waals surface area contributed by atoms with Crippen molar-refractivity contribution in [1.82, 2.24) is 0 Å². The van der Waals surface area contributed by atoms with Gasteiger partial charge in [-0.2, -0.15) is 0 Å². The molecule has 2 atom stereocenters. The predicted octanol–water partition coefficient (Wildman–Crippen LogP) is 4.29. The molecule has 21 heavy (non-hydrogen) atoms. The van der Waals surface area contributed by atoms with Gasteiger partial charge in [-0.05, 0) is 46.2 Å². The largest absolute Gasteiger partial charge is 0.388 e. The van der Waals surface area contributed by atoms with Crippen molar-refractivity contribution in [3.05, 3.63) is 83.4 Å². The molecule has 4 rings (SSSR count). The van der Waals surface area contributed by atoms with Gasteiger partial charge >= 0.3 is 0 Å². The third-order valence-corrected chi connectivity index (χ3v) is 4.66. The van der Waals surface area contributed by atoms with E-state index in [2.05, 4.69) is 60.7 Å². The minimum atomic E-state index is -0.333. The van der Waals surface area contributed by atoms with Gasteiger partial charge in [-0.15, -0.1) is 0 Å². The predicted molar refractivity (Wildman–Crippen MR) is 86.2 cm³/mol. The van der Waals surface area contributed by atoms with E-state index >= 15 is 0 Å². The molecule has 0 aromatic heterocycles. The van der Waals surface area contributed by atoms with Gasteiger partial charge in [0.2, 0.25) is 0 Å². The Kier molecular flexibility index (Phi) is 3.01. The Morgan fingerprint density at radius 2 is 1.62 bits per heavy atom. The van der Waals surface area contributed by atoms with Crippen LogP contribution in [0.25, 0.3) is 10.8 Å². The average molecular weight is 274 g/mol. The van der Waals surface area contributed by atoms with Crippen LogP contribution in [0.5, 0.6) is 0 Å². The standard InChI is InChI=1S/C20H18O/c21-20-17(13-16-7-2-4-11-19(16)20)12-15-9-5-8-14-6-1-3-10-18(14)15/h1-11,17,20-21H,12-13H2. The molecule has 1 N–H and O–H groups in total. The Morgan fingerprint density at radius 3 is 2.52 bits per heavy atom. The second kappa shape index (κ2) is 5.01. The van der Waals surface area contributed by atoms with Gasteiger partial charge in [0.25, 0.3) is 0 Å². The molecule has 1 nitrogen and oxygen atoms in total. The van der Waals surface area contributed by atoms with Crippen LogP contribution in [-0.4, -0.2) is 5.11 Å². The lowest BCUT2D eigenvalue weighted by atomic mass is 9.91. The lowest BCUT2D eigenvalue weighted by Gasteiger charge is -2.16. The Morgan fingerprint density at radius 1 is 0.857 bits per heavy atom. The van der Waals surface area contributed by atoms with Crippen LogP contribution in [0.15, 0.2) is 66.7 Å². The molecule has 0 amide bonds. The molecule has 0 bridgehead atoms. The SMILES string of the molecule is OC1c2ccccc2CC1Cc1cccc2ccccc12. The second-order valence-corrected chi connectivity index (χ2v) is 5.95. The molecule has 3 aromatic rings. The average Bonchev–Trinajstić information content (AvgIpc) is 2.85. The van der Waals surface area contributed by atoms with Gasteiger partial charge in [0.15, 0.2) is 0 Å². The van der Waals surface area contributed by atoms with E-state index in [0.29, 0.717) is 0 Å². The van der Waals surface area contributed by atoms with Gasteiger partial charge in [0.05, 0.1) is 6.10 Å². The molecule has 0 heterocycles. The molecule has 1 heteroatoms. The first-order valence-corrected chi connectivity index (χ1v) is 7.55. The fourth-order valence-corrected chi connectivity index (χ4v) is 3.59. The molecule has 0 saturated carbocycles. The van der Waals surface area contributed by atoms with Crippen LogP contribution in [-0.2, 0) is 12.8 Å². The Labute approximate surface area is 124 Å². The summed E-state index contributed by atoms with van der Waals surface area (Å²) in [6, 6.07) is 23.2. The van der Waals surface area contributed by atoms with Crippen LogP contribution < -0.4 is 0 Å². The maximum absolute atomic E-state index is 10.6. The normalized spacial score (nSPS) is 20.6. The first kappa shape index (κ1) is 12.6. The van der Waals surface area contributed by atoms with E-state index in [1.807, 2.05) is 6.07 Å². The smallest absolute Gasteiger partial charge is 0.0827 e. The van der Waals surface area contributed by atoms with Crippen molar-refractivity contribution < 1.29 is 5.11 Å². The van der Waals surface area contributed by atoms with Gasteiger partial charge in [-0.25, -0.2) is 0 Å². The van der Waals surface area contributed by atoms with Crippen LogP contribution in [0.3, 0.4) is 0 Å². The van der Waals surface area contributed by atoms with Crippen molar-refractivity contribution in [2.24, 2.45) is 5.92 Å². The third kappa shape index (κ3) is 2.14. The molecule has 0 aliphatic heterocycles.